The summed E-state index contributed by atoms with van der Waals surface area (Å²) in [6, 6.07) is 9.15. The summed E-state index contributed by atoms with van der Waals surface area (Å²) in [5.74, 6) is -1.19. The third kappa shape index (κ3) is 3.03. The van der Waals surface area contributed by atoms with E-state index in [0.29, 0.717) is 12.1 Å². The van der Waals surface area contributed by atoms with Crippen LogP contribution in [0.1, 0.15) is 23.0 Å². The van der Waals surface area contributed by atoms with Gasteiger partial charge in [0.25, 0.3) is 0 Å². The summed E-state index contributed by atoms with van der Waals surface area (Å²) in [6.07, 6.45) is 1.41. The number of carbonyl (C=O) groups is 1. The van der Waals surface area contributed by atoms with Gasteiger partial charge in [-0.3, -0.25) is 4.79 Å². The zero-order chi connectivity index (χ0) is 14.0. The predicted octanol–water partition coefficient (Wildman–Crippen LogP) is -0.454. The largest absolute Gasteiger partial charge is 1.00 e. The van der Waals surface area contributed by atoms with Gasteiger partial charge in [-0.05, 0) is 19.4 Å². The summed E-state index contributed by atoms with van der Waals surface area (Å²) in [6.45, 7) is 4.36. The van der Waals surface area contributed by atoms with Gasteiger partial charge in [0.05, 0.1) is 0 Å². The maximum Gasteiger partial charge on any atom is 1.00 e. The van der Waals surface area contributed by atoms with Crippen molar-refractivity contribution in [2.24, 2.45) is 0 Å². The fourth-order valence-electron chi connectivity index (χ4n) is 2.18. The van der Waals surface area contributed by atoms with Gasteiger partial charge in [0.1, 0.15) is 5.56 Å². The Morgan fingerprint density at radius 1 is 1.25 bits per heavy atom. The molecule has 98 valence electrons. The summed E-state index contributed by atoms with van der Waals surface area (Å²) in [4.78, 5) is 23.5. The molecule has 0 saturated carbocycles. The maximum atomic E-state index is 12.3. The van der Waals surface area contributed by atoms with Gasteiger partial charge in [0.15, 0.2) is 0 Å². The number of pyridine rings is 1. The number of aryl methyl sites for hydroxylation is 1. The standard InChI is InChI=1S/C15H15NO3.Na/c1-3-16-9-12(15(18)19)14(17)13(10(16)2)11-7-5-4-6-8-11;/h4-9H,3H2,1-2H3,(H,18,19);/q;+1. The molecule has 0 unspecified atom stereocenters. The third-order valence-corrected chi connectivity index (χ3v) is 3.18. The van der Waals surface area contributed by atoms with Crippen LogP contribution in [0.5, 0.6) is 0 Å². The van der Waals surface area contributed by atoms with Crippen LogP contribution in [0.4, 0.5) is 0 Å². The molecule has 2 rings (SSSR count). The Bertz CT molecular complexity index is 678. The number of carboxylic acid groups (broad SMARTS) is 1. The molecule has 5 heteroatoms. The molecule has 4 nitrogen and oxygen atoms in total. The van der Waals surface area contributed by atoms with Crippen LogP contribution < -0.4 is 35.0 Å². The zero-order valence-electron chi connectivity index (χ0n) is 11.9. The number of hydrogen-bond donors (Lipinski definition) is 1. The van der Waals surface area contributed by atoms with Crippen molar-refractivity contribution in [2.75, 3.05) is 0 Å². The van der Waals surface area contributed by atoms with Gasteiger partial charge in [-0.25, -0.2) is 4.79 Å². The van der Waals surface area contributed by atoms with Crippen molar-refractivity contribution in [3.8, 4) is 11.1 Å². The van der Waals surface area contributed by atoms with Gasteiger partial charge in [0.2, 0.25) is 5.43 Å². The fourth-order valence-corrected chi connectivity index (χ4v) is 2.18. The molecule has 0 spiro atoms. The molecule has 0 bridgehead atoms. The molecule has 0 aliphatic heterocycles. The first-order valence-electron chi connectivity index (χ1n) is 6.09. The maximum absolute atomic E-state index is 12.3. The van der Waals surface area contributed by atoms with Crippen molar-refractivity contribution in [3.05, 3.63) is 58.0 Å². The Labute approximate surface area is 139 Å². The summed E-state index contributed by atoms with van der Waals surface area (Å²) in [7, 11) is 0. The molecule has 20 heavy (non-hydrogen) atoms. The van der Waals surface area contributed by atoms with E-state index < -0.39 is 11.4 Å². The van der Waals surface area contributed by atoms with E-state index in [2.05, 4.69) is 0 Å². The van der Waals surface area contributed by atoms with Gasteiger partial charge in [-0.2, -0.15) is 0 Å². The van der Waals surface area contributed by atoms with Crippen molar-refractivity contribution in [1.29, 1.82) is 0 Å². The van der Waals surface area contributed by atoms with Crippen LogP contribution in [0.3, 0.4) is 0 Å². The average molecular weight is 280 g/mol. The number of aromatic nitrogens is 1. The van der Waals surface area contributed by atoms with E-state index in [-0.39, 0.29) is 35.1 Å². The molecule has 0 aliphatic carbocycles. The Morgan fingerprint density at radius 2 is 1.85 bits per heavy atom. The monoisotopic (exact) mass is 280 g/mol. The van der Waals surface area contributed by atoms with Crippen molar-refractivity contribution in [3.63, 3.8) is 0 Å². The second-order valence-corrected chi connectivity index (χ2v) is 4.29. The molecule has 0 radical (unpaired) electrons. The molecule has 2 aromatic rings. The first kappa shape index (κ1) is 16.7. The number of benzene rings is 1. The summed E-state index contributed by atoms with van der Waals surface area (Å²) in [5, 5.41) is 9.13. The van der Waals surface area contributed by atoms with Crippen molar-refractivity contribution in [1.82, 2.24) is 4.57 Å². The Balaban J connectivity index is 0.00000200. The van der Waals surface area contributed by atoms with Crippen LogP contribution in [0.25, 0.3) is 11.1 Å². The average Bonchev–Trinajstić information content (AvgIpc) is 2.40. The van der Waals surface area contributed by atoms with Crippen molar-refractivity contribution < 1.29 is 39.5 Å². The predicted molar refractivity (Wildman–Crippen MR) is 73.5 cm³/mol. The third-order valence-electron chi connectivity index (χ3n) is 3.18. The number of nitrogens with zero attached hydrogens (tertiary/aromatic N) is 1. The molecule has 0 fully saturated rings. The van der Waals surface area contributed by atoms with Crippen LogP contribution in [-0.4, -0.2) is 15.6 Å². The molecule has 1 heterocycles. The van der Waals surface area contributed by atoms with E-state index in [1.807, 2.05) is 44.2 Å². The van der Waals surface area contributed by atoms with E-state index in [1.54, 1.807) is 4.57 Å². The molecule has 0 aliphatic rings. The van der Waals surface area contributed by atoms with Crippen LogP contribution in [0.2, 0.25) is 0 Å². The quantitative estimate of drug-likeness (QED) is 0.775. The van der Waals surface area contributed by atoms with Gasteiger partial charge >= 0.3 is 35.5 Å². The minimum Gasteiger partial charge on any atom is -0.477 e. The molecular formula is C15H15NNaO3+. The second kappa shape index (κ2) is 6.88. The van der Waals surface area contributed by atoms with Crippen LogP contribution in [0, 0.1) is 6.92 Å². The van der Waals surface area contributed by atoms with Gasteiger partial charge in [-0.1, -0.05) is 30.3 Å². The van der Waals surface area contributed by atoms with Gasteiger partial charge in [-0.15, -0.1) is 0 Å². The Morgan fingerprint density at radius 3 is 2.35 bits per heavy atom. The number of aromatic carboxylic acids is 1. The SMILES string of the molecule is CCn1cc(C(=O)O)c(=O)c(-c2ccccc2)c1C.[Na+]. The molecule has 1 N–H and O–H groups in total. The first-order valence-corrected chi connectivity index (χ1v) is 6.09. The van der Waals surface area contributed by atoms with E-state index in [9.17, 15) is 9.59 Å². The van der Waals surface area contributed by atoms with Gasteiger partial charge < -0.3 is 9.67 Å². The smallest absolute Gasteiger partial charge is 0.477 e. The van der Waals surface area contributed by atoms with E-state index >= 15 is 0 Å². The molecule has 1 aromatic carbocycles. The van der Waals surface area contributed by atoms with Crippen LogP contribution in [0.15, 0.2) is 41.3 Å². The fraction of sp³-hybridized carbons (Fsp3) is 0.200. The van der Waals surface area contributed by atoms with Gasteiger partial charge in [0, 0.05) is 24.0 Å². The Kier molecular flexibility index (Phi) is 5.74. The summed E-state index contributed by atoms with van der Waals surface area (Å²) < 4.78 is 1.78. The molecule has 0 saturated heterocycles. The molecule has 0 amide bonds. The second-order valence-electron chi connectivity index (χ2n) is 4.29. The number of hydrogen-bond acceptors (Lipinski definition) is 2. The van der Waals surface area contributed by atoms with E-state index in [1.165, 1.54) is 6.20 Å². The summed E-state index contributed by atoms with van der Waals surface area (Å²) in [5.41, 5.74) is 1.37. The first-order chi connectivity index (χ1) is 9.06. The van der Waals surface area contributed by atoms with Crippen molar-refractivity contribution >= 4 is 5.97 Å². The molecule has 0 atom stereocenters. The molecule has 1 aromatic heterocycles. The number of rotatable bonds is 3. The van der Waals surface area contributed by atoms with Crippen LogP contribution in [-0.2, 0) is 6.54 Å². The van der Waals surface area contributed by atoms with Crippen LogP contribution >= 0.6 is 0 Å². The summed E-state index contributed by atoms with van der Waals surface area (Å²) >= 11 is 0. The number of carboxylic acids is 1. The minimum absolute atomic E-state index is 0. The zero-order valence-corrected chi connectivity index (χ0v) is 13.9. The minimum atomic E-state index is -1.19. The molecular weight excluding hydrogens is 265 g/mol. The van der Waals surface area contributed by atoms with E-state index in [4.69, 9.17) is 5.11 Å². The van der Waals surface area contributed by atoms with E-state index in [0.717, 1.165) is 11.3 Å². The topological polar surface area (TPSA) is 59.3 Å². The van der Waals surface area contributed by atoms with Crippen molar-refractivity contribution in [2.45, 2.75) is 20.4 Å². The Hall–Kier alpha value is -1.36. The normalized spacial score (nSPS) is 9.90.